The molecule has 1 amide bonds. The van der Waals surface area contributed by atoms with Gasteiger partial charge in [0.2, 0.25) is 5.91 Å². The van der Waals surface area contributed by atoms with Crippen molar-refractivity contribution in [2.24, 2.45) is 0 Å². The van der Waals surface area contributed by atoms with Gasteiger partial charge in [0, 0.05) is 31.0 Å². The molecule has 2 aromatic carbocycles. The lowest BCUT2D eigenvalue weighted by Crippen LogP contribution is -2.31. The molecular weight excluding hydrogens is 384 g/mol. The number of carbonyl (C=O) groups is 1. The minimum absolute atomic E-state index is 0.0415. The highest BCUT2D eigenvalue weighted by Crippen LogP contribution is 2.21. The third kappa shape index (κ3) is 5.57. The van der Waals surface area contributed by atoms with E-state index in [-0.39, 0.29) is 12.0 Å². The lowest BCUT2D eigenvalue weighted by molar-refractivity contribution is -0.130. The zero-order valence-corrected chi connectivity index (χ0v) is 17.0. The first kappa shape index (κ1) is 19.5. The van der Waals surface area contributed by atoms with Crippen LogP contribution in [0.15, 0.2) is 66.2 Å². The van der Waals surface area contributed by atoms with Crippen molar-refractivity contribution in [1.82, 2.24) is 9.88 Å². The van der Waals surface area contributed by atoms with E-state index in [0.717, 1.165) is 29.8 Å². The highest BCUT2D eigenvalue weighted by Gasteiger charge is 2.27. The Kier molecular flexibility index (Phi) is 6.42. The molecule has 0 aliphatic carbocycles. The predicted molar refractivity (Wildman–Crippen MR) is 113 cm³/mol. The molecule has 1 aromatic heterocycles. The Bertz CT molecular complexity index is 915. The molecule has 4 rings (SSSR count). The third-order valence-electron chi connectivity index (χ3n) is 4.95. The monoisotopic (exact) mass is 408 g/mol. The number of nitrogens with zero attached hydrogens (tertiary/aromatic N) is 2. The van der Waals surface area contributed by atoms with Gasteiger partial charge in [0.15, 0.2) is 0 Å². The number of carbonyl (C=O) groups excluding carboxylic acids is 1. The van der Waals surface area contributed by atoms with Gasteiger partial charge in [-0.1, -0.05) is 53.8 Å². The van der Waals surface area contributed by atoms with Crippen molar-refractivity contribution in [3.05, 3.63) is 77.3 Å². The number of hydrogen-bond acceptors (Lipinski definition) is 5. The summed E-state index contributed by atoms with van der Waals surface area (Å²) in [5.41, 5.74) is 2.25. The second kappa shape index (κ2) is 9.56. The molecule has 3 aromatic rings. The fraction of sp³-hybridized carbons (Fsp3) is 0.304. The Morgan fingerprint density at radius 1 is 1.14 bits per heavy atom. The van der Waals surface area contributed by atoms with E-state index in [1.807, 2.05) is 64.9 Å². The molecule has 2 heterocycles. The van der Waals surface area contributed by atoms with Crippen LogP contribution in [0.4, 0.5) is 0 Å². The van der Waals surface area contributed by atoms with Gasteiger partial charge >= 0.3 is 0 Å². The molecule has 1 unspecified atom stereocenters. The number of ether oxygens (including phenoxy) is 2. The lowest BCUT2D eigenvalue weighted by Gasteiger charge is -2.16. The summed E-state index contributed by atoms with van der Waals surface area (Å²) < 4.78 is 11.7. The van der Waals surface area contributed by atoms with E-state index in [9.17, 15) is 4.79 Å². The Morgan fingerprint density at radius 3 is 2.83 bits per heavy atom. The average Bonchev–Trinajstić information content (AvgIpc) is 3.44. The molecule has 1 aliphatic heterocycles. The topological polar surface area (TPSA) is 51.7 Å². The molecule has 0 radical (unpaired) electrons. The summed E-state index contributed by atoms with van der Waals surface area (Å²) >= 11 is 1.48. The summed E-state index contributed by atoms with van der Waals surface area (Å²) in [4.78, 5) is 18.6. The summed E-state index contributed by atoms with van der Waals surface area (Å²) in [6, 6.07) is 18.1. The van der Waals surface area contributed by atoms with E-state index in [1.54, 1.807) is 6.20 Å². The molecule has 0 bridgehead atoms. The summed E-state index contributed by atoms with van der Waals surface area (Å²) in [5, 5.41) is 2.57. The normalized spacial score (nSPS) is 16.0. The highest BCUT2D eigenvalue weighted by molar-refractivity contribution is 7.11. The van der Waals surface area contributed by atoms with Gasteiger partial charge in [0.05, 0.1) is 6.54 Å². The van der Waals surface area contributed by atoms with Crippen molar-refractivity contribution in [2.45, 2.75) is 32.0 Å². The Hall–Kier alpha value is -2.86. The Morgan fingerprint density at radius 2 is 2.00 bits per heavy atom. The maximum Gasteiger partial charge on any atom is 0.273 e. The van der Waals surface area contributed by atoms with Crippen molar-refractivity contribution >= 4 is 17.2 Å². The number of hydrogen-bond donors (Lipinski definition) is 0. The third-order valence-corrected chi connectivity index (χ3v) is 5.61. The van der Waals surface area contributed by atoms with Crippen LogP contribution in [0.3, 0.4) is 0 Å². The second-order valence-electron chi connectivity index (χ2n) is 7.09. The predicted octanol–water partition coefficient (Wildman–Crippen LogP) is 4.33. The SMILES string of the molecule is O=C(CCc1cccc(OCc2ccccc2)c1)N1CCC(Oc2nccs2)C1. The molecule has 1 saturated heterocycles. The highest BCUT2D eigenvalue weighted by atomic mass is 32.1. The molecule has 1 fully saturated rings. The van der Waals surface area contributed by atoms with E-state index >= 15 is 0 Å². The van der Waals surface area contributed by atoms with Crippen LogP contribution >= 0.6 is 11.3 Å². The van der Waals surface area contributed by atoms with E-state index in [1.165, 1.54) is 11.3 Å². The van der Waals surface area contributed by atoms with Crippen LogP contribution in [0.5, 0.6) is 10.9 Å². The van der Waals surface area contributed by atoms with Crippen molar-refractivity contribution in [3.63, 3.8) is 0 Å². The Labute approximate surface area is 174 Å². The van der Waals surface area contributed by atoms with Crippen LogP contribution in [0.25, 0.3) is 0 Å². The van der Waals surface area contributed by atoms with Crippen LogP contribution in [-0.4, -0.2) is 35.0 Å². The van der Waals surface area contributed by atoms with Crippen LogP contribution < -0.4 is 9.47 Å². The average molecular weight is 409 g/mol. The first-order valence-electron chi connectivity index (χ1n) is 9.86. The van der Waals surface area contributed by atoms with Gasteiger partial charge in [0.1, 0.15) is 18.5 Å². The smallest absolute Gasteiger partial charge is 0.273 e. The van der Waals surface area contributed by atoms with Crippen molar-refractivity contribution in [3.8, 4) is 10.9 Å². The van der Waals surface area contributed by atoms with Gasteiger partial charge in [-0.2, -0.15) is 0 Å². The number of aromatic nitrogens is 1. The van der Waals surface area contributed by atoms with E-state index in [2.05, 4.69) is 4.98 Å². The molecule has 150 valence electrons. The fourth-order valence-electron chi connectivity index (χ4n) is 3.40. The molecule has 0 spiro atoms. The maximum absolute atomic E-state index is 12.6. The van der Waals surface area contributed by atoms with Crippen LogP contribution in [0.1, 0.15) is 24.0 Å². The molecule has 29 heavy (non-hydrogen) atoms. The largest absolute Gasteiger partial charge is 0.489 e. The first-order chi connectivity index (χ1) is 14.3. The number of amides is 1. The number of aryl methyl sites for hydroxylation is 1. The zero-order valence-electron chi connectivity index (χ0n) is 16.2. The van der Waals surface area contributed by atoms with Gasteiger partial charge in [-0.25, -0.2) is 4.98 Å². The van der Waals surface area contributed by atoms with E-state index < -0.39 is 0 Å². The number of likely N-dealkylation sites (tertiary alicyclic amines) is 1. The van der Waals surface area contributed by atoms with Crippen LogP contribution in [0, 0.1) is 0 Å². The summed E-state index contributed by atoms with van der Waals surface area (Å²) in [5.74, 6) is 1.00. The maximum atomic E-state index is 12.6. The molecule has 5 nitrogen and oxygen atoms in total. The van der Waals surface area contributed by atoms with Crippen molar-refractivity contribution in [2.75, 3.05) is 13.1 Å². The summed E-state index contributed by atoms with van der Waals surface area (Å²) in [7, 11) is 0. The molecular formula is C23H24N2O3S. The van der Waals surface area contributed by atoms with Gasteiger partial charge in [-0.05, 0) is 29.7 Å². The molecule has 1 aliphatic rings. The van der Waals surface area contributed by atoms with Crippen molar-refractivity contribution in [1.29, 1.82) is 0 Å². The van der Waals surface area contributed by atoms with Crippen molar-refractivity contribution < 1.29 is 14.3 Å². The molecule has 6 heteroatoms. The van der Waals surface area contributed by atoms with Crippen LogP contribution in [-0.2, 0) is 17.8 Å². The van der Waals surface area contributed by atoms with Crippen LogP contribution in [0.2, 0.25) is 0 Å². The minimum Gasteiger partial charge on any atom is -0.489 e. The lowest BCUT2D eigenvalue weighted by atomic mass is 10.1. The second-order valence-corrected chi connectivity index (χ2v) is 7.95. The number of thiazole rings is 1. The molecule has 0 saturated carbocycles. The van der Waals surface area contributed by atoms with Gasteiger partial charge in [-0.3, -0.25) is 4.79 Å². The number of benzene rings is 2. The van der Waals surface area contributed by atoms with E-state index in [0.29, 0.717) is 31.2 Å². The van der Waals surface area contributed by atoms with Gasteiger partial charge < -0.3 is 14.4 Å². The fourth-order valence-corrected chi connectivity index (χ4v) is 3.95. The first-order valence-corrected chi connectivity index (χ1v) is 10.7. The minimum atomic E-state index is 0.0415. The van der Waals surface area contributed by atoms with Gasteiger partial charge in [-0.15, -0.1) is 0 Å². The standard InChI is InChI=1S/C23H24N2O3S/c26-22(25-13-11-21(16-25)28-23-24-12-14-29-23)10-9-18-7-4-8-20(15-18)27-17-19-5-2-1-3-6-19/h1-8,12,14-15,21H,9-11,13,16-17H2. The quantitative estimate of drug-likeness (QED) is 0.557. The molecule has 1 atom stereocenters. The summed E-state index contributed by atoms with van der Waals surface area (Å²) in [6.45, 7) is 1.92. The van der Waals surface area contributed by atoms with Gasteiger partial charge in [0.25, 0.3) is 5.19 Å². The number of rotatable bonds is 8. The Balaban J connectivity index is 1.24. The zero-order chi connectivity index (χ0) is 19.9. The summed E-state index contributed by atoms with van der Waals surface area (Å²) in [6.07, 6.45) is 3.82. The van der Waals surface area contributed by atoms with E-state index in [4.69, 9.17) is 9.47 Å². The molecule has 0 N–H and O–H groups in total.